The first kappa shape index (κ1) is 21.5. The first-order chi connectivity index (χ1) is 13.9. The molecular formula is C23H24Cl2N2O2. The number of anilines is 1. The molecule has 0 aliphatic heterocycles. The number of ether oxygens (including phenoxy) is 1. The van der Waals surface area contributed by atoms with Crippen LogP contribution in [-0.2, 0) is 10.2 Å². The maximum absolute atomic E-state index is 13.5. The van der Waals surface area contributed by atoms with Gasteiger partial charge in [-0.05, 0) is 62.6 Å². The number of nitriles is 1. The van der Waals surface area contributed by atoms with Gasteiger partial charge < -0.3 is 10.1 Å². The Balaban J connectivity index is 1.93. The molecule has 0 bridgehead atoms. The van der Waals surface area contributed by atoms with E-state index in [0.717, 1.165) is 37.7 Å². The van der Waals surface area contributed by atoms with E-state index in [2.05, 4.69) is 11.4 Å². The molecule has 1 saturated carbocycles. The number of nitrogens with one attached hydrogen (secondary N) is 1. The Labute approximate surface area is 181 Å². The zero-order chi connectivity index (χ0) is 21.0. The van der Waals surface area contributed by atoms with Crippen molar-refractivity contribution in [3.63, 3.8) is 0 Å². The third-order valence-corrected chi connectivity index (χ3v) is 5.86. The van der Waals surface area contributed by atoms with Crippen molar-refractivity contribution in [2.75, 3.05) is 5.32 Å². The van der Waals surface area contributed by atoms with Gasteiger partial charge in [0, 0.05) is 15.7 Å². The van der Waals surface area contributed by atoms with Crippen LogP contribution in [-0.4, -0.2) is 12.0 Å². The van der Waals surface area contributed by atoms with E-state index < -0.39 is 5.41 Å². The predicted molar refractivity (Wildman–Crippen MR) is 117 cm³/mol. The molecule has 3 rings (SSSR count). The molecule has 0 atom stereocenters. The van der Waals surface area contributed by atoms with Crippen LogP contribution >= 0.6 is 23.2 Å². The highest BCUT2D eigenvalue weighted by Gasteiger charge is 2.42. The van der Waals surface area contributed by atoms with E-state index >= 15 is 0 Å². The first-order valence-corrected chi connectivity index (χ1v) is 10.6. The van der Waals surface area contributed by atoms with Gasteiger partial charge in [0.05, 0.1) is 17.1 Å². The predicted octanol–water partition coefficient (Wildman–Crippen LogP) is 6.49. The molecule has 4 nitrogen and oxygen atoms in total. The fourth-order valence-corrected chi connectivity index (χ4v) is 4.54. The SMILES string of the molecule is CC(C)Oc1ccc(NC(=O)C2(c3ccc(Cl)cc3Cl)CCCCC2)cc1C#N. The zero-order valence-corrected chi connectivity index (χ0v) is 18.1. The Kier molecular flexibility index (Phi) is 6.72. The van der Waals surface area contributed by atoms with E-state index in [-0.39, 0.29) is 12.0 Å². The van der Waals surface area contributed by atoms with Crippen LogP contribution in [0, 0.1) is 11.3 Å². The Morgan fingerprint density at radius 1 is 1.14 bits per heavy atom. The van der Waals surface area contributed by atoms with Gasteiger partial charge >= 0.3 is 0 Å². The van der Waals surface area contributed by atoms with Crippen molar-refractivity contribution >= 4 is 34.8 Å². The highest BCUT2D eigenvalue weighted by molar-refractivity contribution is 6.35. The number of carbonyl (C=O) groups is 1. The lowest BCUT2D eigenvalue weighted by Crippen LogP contribution is -2.42. The van der Waals surface area contributed by atoms with Crippen LogP contribution in [0.4, 0.5) is 5.69 Å². The van der Waals surface area contributed by atoms with Crippen molar-refractivity contribution in [1.29, 1.82) is 5.26 Å². The lowest BCUT2D eigenvalue weighted by atomic mass is 9.68. The third-order valence-electron chi connectivity index (χ3n) is 5.31. The molecule has 1 aliphatic rings. The lowest BCUT2D eigenvalue weighted by Gasteiger charge is -2.37. The van der Waals surface area contributed by atoms with Crippen molar-refractivity contribution < 1.29 is 9.53 Å². The second kappa shape index (κ2) is 9.07. The fraction of sp³-hybridized carbons (Fsp3) is 0.391. The van der Waals surface area contributed by atoms with E-state index in [1.54, 1.807) is 30.3 Å². The van der Waals surface area contributed by atoms with Gasteiger partial charge in [0.2, 0.25) is 5.91 Å². The van der Waals surface area contributed by atoms with Crippen molar-refractivity contribution in [2.45, 2.75) is 57.5 Å². The van der Waals surface area contributed by atoms with E-state index in [0.29, 0.717) is 27.0 Å². The number of rotatable bonds is 5. The molecule has 29 heavy (non-hydrogen) atoms. The number of nitrogens with zero attached hydrogens (tertiary/aromatic N) is 1. The summed E-state index contributed by atoms with van der Waals surface area (Å²) in [5, 5.41) is 13.5. The summed E-state index contributed by atoms with van der Waals surface area (Å²) in [5.74, 6) is 0.400. The molecule has 2 aromatic carbocycles. The Hall–Kier alpha value is -2.22. The first-order valence-electron chi connectivity index (χ1n) is 9.83. The summed E-state index contributed by atoms with van der Waals surface area (Å²) in [4.78, 5) is 13.5. The summed E-state index contributed by atoms with van der Waals surface area (Å²) in [6.07, 6.45) is 4.41. The minimum atomic E-state index is -0.708. The van der Waals surface area contributed by atoms with Crippen LogP contribution in [0.5, 0.6) is 5.75 Å². The molecule has 0 unspecified atom stereocenters. The van der Waals surface area contributed by atoms with Gasteiger partial charge in [0.15, 0.2) is 0 Å². The number of amides is 1. The second-order valence-corrected chi connectivity index (χ2v) is 8.55. The smallest absolute Gasteiger partial charge is 0.235 e. The Bertz CT molecular complexity index is 944. The van der Waals surface area contributed by atoms with Gasteiger partial charge in [0.25, 0.3) is 0 Å². The molecule has 0 saturated heterocycles. The molecule has 1 N–H and O–H groups in total. The normalized spacial score (nSPS) is 15.6. The molecule has 1 fully saturated rings. The summed E-state index contributed by atoms with van der Waals surface area (Å²) < 4.78 is 5.66. The number of hydrogen-bond acceptors (Lipinski definition) is 3. The van der Waals surface area contributed by atoms with E-state index in [1.165, 1.54) is 0 Å². The van der Waals surface area contributed by atoms with Crippen LogP contribution in [0.2, 0.25) is 10.0 Å². The fourth-order valence-electron chi connectivity index (χ4n) is 3.95. The minimum Gasteiger partial charge on any atom is -0.490 e. The van der Waals surface area contributed by atoms with Crippen molar-refractivity contribution in [3.05, 3.63) is 57.6 Å². The van der Waals surface area contributed by atoms with Crippen molar-refractivity contribution in [3.8, 4) is 11.8 Å². The van der Waals surface area contributed by atoms with Gasteiger partial charge in [-0.25, -0.2) is 0 Å². The molecule has 1 aliphatic carbocycles. The minimum absolute atomic E-state index is 0.0416. The zero-order valence-electron chi connectivity index (χ0n) is 16.6. The molecule has 0 heterocycles. The lowest BCUT2D eigenvalue weighted by molar-refractivity contribution is -0.122. The molecule has 152 valence electrons. The molecule has 0 aromatic heterocycles. The summed E-state index contributed by atoms with van der Waals surface area (Å²) in [7, 11) is 0. The van der Waals surface area contributed by atoms with Crippen LogP contribution in [0.3, 0.4) is 0 Å². The summed E-state index contributed by atoms with van der Waals surface area (Å²) >= 11 is 12.6. The molecule has 6 heteroatoms. The van der Waals surface area contributed by atoms with E-state index in [4.69, 9.17) is 27.9 Å². The van der Waals surface area contributed by atoms with Crippen molar-refractivity contribution in [2.24, 2.45) is 0 Å². The average Bonchev–Trinajstić information content (AvgIpc) is 2.69. The second-order valence-electron chi connectivity index (χ2n) is 7.71. The van der Waals surface area contributed by atoms with Crippen LogP contribution in [0.1, 0.15) is 57.1 Å². The van der Waals surface area contributed by atoms with Crippen molar-refractivity contribution in [1.82, 2.24) is 0 Å². The van der Waals surface area contributed by atoms with Gasteiger partial charge in [0.1, 0.15) is 11.8 Å². The summed E-state index contributed by atoms with van der Waals surface area (Å²) in [6.45, 7) is 3.80. The molecule has 2 aromatic rings. The van der Waals surface area contributed by atoms with E-state index in [9.17, 15) is 10.1 Å². The highest BCUT2D eigenvalue weighted by atomic mass is 35.5. The van der Waals surface area contributed by atoms with Crippen LogP contribution in [0.15, 0.2) is 36.4 Å². The number of carbonyl (C=O) groups excluding carboxylic acids is 1. The van der Waals surface area contributed by atoms with Gasteiger partial charge in [-0.1, -0.05) is 48.5 Å². The molecular weight excluding hydrogens is 407 g/mol. The standard InChI is InChI=1S/C23H24Cl2N2O2/c1-15(2)29-21-9-7-18(12-16(21)14-26)27-22(28)23(10-4-3-5-11-23)19-8-6-17(24)13-20(19)25/h6-9,12-13,15H,3-5,10-11H2,1-2H3,(H,27,28). The average molecular weight is 431 g/mol. The quantitative estimate of drug-likeness (QED) is 0.588. The molecule has 0 radical (unpaired) electrons. The van der Waals surface area contributed by atoms with Crippen LogP contribution < -0.4 is 10.1 Å². The Morgan fingerprint density at radius 2 is 1.86 bits per heavy atom. The summed E-state index contributed by atoms with van der Waals surface area (Å²) in [5.41, 5.74) is 1.05. The van der Waals surface area contributed by atoms with E-state index in [1.807, 2.05) is 19.9 Å². The summed E-state index contributed by atoms with van der Waals surface area (Å²) in [6, 6.07) is 12.6. The van der Waals surface area contributed by atoms with Gasteiger partial charge in [-0.15, -0.1) is 0 Å². The highest BCUT2D eigenvalue weighted by Crippen LogP contribution is 2.44. The maximum Gasteiger partial charge on any atom is 0.235 e. The van der Waals surface area contributed by atoms with Gasteiger partial charge in [-0.2, -0.15) is 5.26 Å². The largest absolute Gasteiger partial charge is 0.490 e. The number of halogens is 2. The third kappa shape index (κ3) is 4.69. The maximum atomic E-state index is 13.5. The van der Waals surface area contributed by atoms with Crippen LogP contribution in [0.25, 0.3) is 0 Å². The number of hydrogen-bond donors (Lipinski definition) is 1. The molecule has 1 amide bonds. The topological polar surface area (TPSA) is 62.1 Å². The van der Waals surface area contributed by atoms with Gasteiger partial charge in [-0.3, -0.25) is 4.79 Å². The number of benzene rings is 2. The Morgan fingerprint density at radius 3 is 2.48 bits per heavy atom. The monoisotopic (exact) mass is 430 g/mol. The molecule has 0 spiro atoms.